The number of nitrogens with zero attached hydrogens (tertiary/aromatic N) is 1. The van der Waals surface area contributed by atoms with E-state index in [1.807, 2.05) is 0 Å². The molecule has 0 atom stereocenters. The maximum atomic E-state index is 10.6. The summed E-state index contributed by atoms with van der Waals surface area (Å²) in [5.41, 5.74) is 6.89. The van der Waals surface area contributed by atoms with Gasteiger partial charge in [-0.2, -0.15) is 0 Å². The van der Waals surface area contributed by atoms with Crippen LogP contribution in [0.1, 0.15) is 129 Å². The minimum absolute atomic E-state index is 0.404. The standard InChI is InChI=1S/C25H52N2O/c1-4-5-6-7-8-9-11-14-17-20-23-27(2,3)24-21-18-15-12-10-13-16-19-22-25(26)28/h26H,4-24H2,1-3H3/q+1. The number of rotatable bonds is 22. The molecule has 0 aliphatic heterocycles. The molecule has 0 aromatic carbocycles. The van der Waals surface area contributed by atoms with Crippen LogP contribution in [0.15, 0.2) is 0 Å². The average molecular weight is 397 g/mol. The number of quaternary nitrogens is 1. The van der Waals surface area contributed by atoms with Crippen LogP contribution >= 0.6 is 0 Å². The summed E-state index contributed by atoms with van der Waals surface area (Å²) in [6.07, 6.45) is 24.7. The van der Waals surface area contributed by atoms with Gasteiger partial charge in [0.25, 0.3) is 0 Å². The number of carbonyl (C=O) groups excluding carboxylic acids is 1. The number of carbonyl (C=O) groups is 1. The number of hydrogen-bond acceptors (Lipinski definition) is 1. The van der Waals surface area contributed by atoms with Gasteiger partial charge in [0.05, 0.1) is 27.2 Å². The Morgan fingerprint density at radius 3 is 1.25 bits per heavy atom. The second-order valence-electron chi connectivity index (χ2n) is 9.57. The number of amides is 1. The maximum Gasteiger partial charge on any atom is 0.238 e. The predicted molar refractivity (Wildman–Crippen MR) is 123 cm³/mol. The van der Waals surface area contributed by atoms with Crippen molar-refractivity contribution in [3.63, 3.8) is 0 Å². The van der Waals surface area contributed by atoms with Crippen molar-refractivity contribution in [1.82, 2.24) is 5.73 Å². The molecule has 1 N–H and O–H groups in total. The molecule has 28 heavy (non-hydrogen) atoms. The molecule has 0 unspecified atom stereocenters. The van der Waals surface area contributed by atoms with Gasteiger partial charge in [-0.05, 0) is 32.1 Å². The van der Waals surface area contributed by atoms with Crippen LogP contribution in [-0.2, 0) is 4.79 Å². The first kappa shape index (κ1) is 27.4. The summed E-state index contributed by atoms with van der Waals surface area (Å²) in [6, 6.07) is 0. The minimum Gasteiger partial charge on any atom is -0.328 e. The van der Waals surface area contributed by atoms with Crippen molar-refractivity contribution in [3.05, 3.63) is 0 Å². The van der Waals surface area contributed by atoms with E-state index in [0.29, 0.717) is 6.42 Å². The summed E-state index contributed by atoms with van der Waals surface area (Å²) in [7, 11) is 4.81. The molecule has 0 aliphatic rings. The highest BCUT2D eigenvalue weighted by Gasteiger charge is 2.13. The summed E-state index contributed by atoms with van der Waals surface area (Å²) in [5.74, 6) is -0.404. The van der Waals surface area contributed by atoms with E-state index in [-0.39, 0.29) is 0 Å². The fourth-order valence-corrected chi connectivity index (χ4v) is 4.03. The van der Waals surface area contributed by atoms with E-state index < -0.39 is 5.91 Å². The normalized spacial score (nSPS) is 11.8. The van der Waals surface area contributed by atoms with Crippen LogP contribution in [-0.4, -0.2) is 37.6 Å². The Hall–Kier alpha value is -0.570. The molecule has 0 fully saturated rings. The highest BCUT2D eigenvalue weighted by Crippen LogP contribution is 2.14. The summed E-state index contributed by atoms with van der Waals surface area (Å²) < 4.78 is 1.19. The van der Waals surface area contributed by atoms with E-state index >= 15 is 0 Å². The highest BCUT2D eigenvalue weighted by atomic mass is 16.1. The van der Waals surface area contributed by atoms with Gasteiger partial charge in [-0.3, -0.25) is 10.5 Å². The zero-order valence-corrected chi connectivity index (χ0v) is 19.7. The lowest BCUT2D eigenvalue weighted by atomic mass is 10.1. The molecule has 0 spiro atoms. The van der Waals surface area contributed by atoms with E-state index in [0.717, 1.165) is 12.8 Å². The van der Waals surface area contributed by atoms with Crippen molar-refractivity contribution in [3.8, 4) is 0 Å². The van der Waals surface area contributed by atoms with E-state index in [1.165, 1.54) is 120 Å². The van der Waals surface area contributed by atoms with Crippen molar-refractivity contribution in [1.29, 1.82) is 0 Å². The van der Waals surface area contributed by atoms with Gasteiger partial charge in [0.2, 0.25) is 5.91 Å². The first-order valence-electron chi connectivity index (χ1n) is 12.5. The van der Waals surface area contributed by atoms with E-state index in [4.69, 9.17) is 5.73 Å². The monoisotopic (exact) mass is 396 g/mol. The lowest BCUT2D eigenvalue weighted by molar-refractivity contribution is -0.890. The second kappa shape index (κ2) is 19.7. The van der Waals surface area contributed by atoms with Gasteiger partial charge in [-0.15, -0.1) is 0 Å². The maximum absolute atomic E-state index is 10.6. The van der Waals surface area contributed by atoms with Gasteiger partial charge < -0.3 is 4.48 Å². The van der Waals surface area contributed by atoms with Crippen molar-refractivity contribution in [2.75, 3.05) is 27.2 Å². The molecule has 0 aliphatic carbocycles. The fourth-order valence-electron chi connectivity index (χ4n) is 4.03. The van der Waals surface area contributed by atoms with Crippen LogP contribution in [0.25, 0.3) is 0 Å². The van der Waals surface area contributed by atoms with Gasteiger partial charge >= 0.3 is 0 Å². The first-order chi connectivity index (χ1) is 13.5. The molecule has 0 saturated carbocycles. The van der Waals surface area contributed by atoms with E-state index in [9.17, 15) is 4.79 Å². The smallest absolute Gasteiger partial charge is 0.238 e. The van der Waals surface area contributed by atoms with E-state index in [1.54, 1.807) is 0 Å². The Labute approximate surface area is 177 Å². The molecule has 0 aromatic heterocycles. The Balaban J connectivity index is 3.33. The van der Waals surface area contributed by atoms with Gasteiger partial charge in [-0.25, -0.2) is 0 Å². The SMILES string of the molecule is CCCCCCCCCCCC[N+](C)(C)CCCCCCCCCCC([NH])=O. The van der Waals surface area contributed by atoms with Gasteiger partial charge in [0.15, 0.2) is 0 Å². The Morgan fingerprint density at radius 1 is 0.571 bits per heavy atom. The molecule has 0 saturated heterocycles. The molecular weight excluding hydrogens is 344 g/mol. The Bertz CT molecular complexity index is 341. The molecule has 0 heterocycles. The number of unbranched alkanes of at least 4 members (excludes halogenated alkanes) is 16. The first-order valence-corrected chi connectivity index (χ1v) is 12.5. The summed E-state index contributed by atoms with van der Waals surface area (Å²) in [4.78, 5) is 10.6. The van der Waals surface area contributed by atoms with Crippen LogP contribution in [0.2, 0.25) is 0 Å². The lowest BCUT2D eigenvalue weighted by Gasteiger charge is -2.30. The molecule has 0 rings (SSSR count). The molecule has 167 valence electrons. The zero-order chi connectivity index (χ0) is 20.9. The van der Waals surface area contributed by atoms with E-state index in [2.05, 4.69) is 21.0 Å². The van der Waals surface area contributed by atoms with Crippen molar-refractivity contribution in [2.24, 2.45) is 0 Å². The summed E-state index contributed by atoms with van der Waals surface area (Å²) in [5, 5.41) is 0. The second-order valence-corrected chi connectivity index (χ2v) is 9.57. The molecular formula is C25H52N2O+. The average Bonchev–Trinajstić information content (AvgIpc) is 2.64. The molecule has 0 aromatic rings. The van der Waals surface area contributed by atoms with Gasteiger partial charge in [-0.1, -0.05) is 90.4 Å². The predicted octanol–water partition coefficient (Wildman–Crippen LogP) is 7.30. The van der Waals surface area contributed by atoms with Crippen molar-refractivity contribution < 1.29 is 9.28 Å². The number of hydrogen-bond donors (Lipinski definition) is 0. The third-order valence-electron chi connectivity index (χ3n) is 6.03. The van der Waals surface area contributed by atoms with Crippen LogP contribution in [0.5, 0.6) is 0 Å². The molecule has 1 amide bonds. The van der Waals surface area contributed by atoms with Crippen LogP contribution < -0.4 is 5.73 Å². The topological polar surface area (TPSA) is 40.9 Å². The third-order valence-corrected chi connectivity index (χ3v) is 6.03. The quantitative estimate of drug-likeness (QED) is 0.140. The van der Waals surface area contributed by atoms with Crippen LogP contribution in [0.4, 0.5) is 0 Å². The van der Waals surface area contributed by atoms with Gasteiger partial charge in [0, 0.05) is 6.42 Å². The zero-order valence-electron chi connectivity index (χ0n) is 19.7. The van der Waals surface area contributed by atoms with Crippen LogP contribution in [0, 0.1) is 0 Å². The molecule has 0 bridgehead atoms. The fraction of sp³-hybridized carbons (Fsp3) is 0.960. The van der Waals surface area contributed by atoms with Gasteiger partial charge in [0.1, 0.15) is 0 Å². The summed E-state index contributed by atoms with van der Waals surface area (Å²) in [6.45, 7) is 4.95. The number of nitrogens with one attached hydrogen (secondary N) is 1. The largest absolute Gasteiger partial charge is 0.328 e. The molecule has 1 radical (unpaired) electrons. The molecule has 3 heteroatoms. The van der Waals surface area contributed by atoms with Crippen molar-refractivity contribution >= 4 is 5.91 Å². The lowest BCUT2D eigenvalue weighted by Crippen LogP contribution is -2.41. The summed E-state index contributed by atoms with van der Waals surface area (Å²) >= 11 is 0. The minimum atomic E-state index is -0.404. The Kier molecular flexibility index (Phi) is 19.3. The van der Waals surface area contributed by atoms with Crippen LogP contribution in [0.3, 0.4) is 0 Å². The third kappa shape index (κ3) is 21.7. The van der Waals surface area contributed by atoms with Crippen molar-refractivity contribution in [2.45, 2.75) is 129 Å². The molecule has 3 nitrogen and oxygen atoms in total. The highest BCUT2D eigenvalue weighted by molar-refractivity contribution is 5.72. The Morgan fingerprint density at radius 2 is 0.893 bits per heavy atom.